The van der Waals surface area contributed by atoms with Crippen molar-refractivity contribution >= 4 is 39.5 Å². The second-order valence-electron chi connectivity index (χ2n) is 10.6. The average Bonchev–Trinajstić information content (AvgIpc) is 3.09. The minimum absolute atomic E-state index is 1.11. The topological polar surface area (TPSA) is 3.24 Å². The smallest absolute Gasteiger partial charge is 0.0540 e. The summed E-state index contributed by atoms with van der Waals surface area (Å²) in [6.45, 7) is 0. The van der Waals surface area contributed by atoms with Gasteiger partial charge in [-0.25, -0.2) is 0 Å². The van der Waals surface area contributed by atoms with E-state index in [0.717, 1.165) is 17.1 Å². The van der Waals surface area contributed by atoms with Crippen LogP contribution in [0, 0.1) is 0 Å². The van der Waals surface area contributed by atoms with Crippen molar-refractivity contribution in [3.63, 3.8) is 0 Å². The fourth-order valence-electron chi connectivity index (χ4n) is 5.74. The van der Waals surface area contributed by atoms with E-state index >= 15 is 0 Å². The van der Waals surface area contributed by atoms with Crippen molar-refractivity contribution in [1.29, 1.82) is 0 Å². The van der Waals surface area contributed by atoms with Crippen LogP contribution in [0.25, 0.3) is 33.5 Å². The van der Waals surface area contributed by atoms with E-state index in [9.17, 15) is 0 Å². The van der Waals surface area contributed by atoms with Gasteiger partial charge in [-0.05, 0) is 81.3 Å². The maximum Gasteiger partial charge on any atom is 0.0540 e. The summed E-state index contributed by atoms with van der Waals surface area (Å²) in [4.78, 5) is 2.35. The lowest BCUT2D eigenvalue weighted by Gasteiger charge is -2.27. The predicted molar refractivity (Wildman–Crippen MR) is 184 cm³/mol. The normalized spacial score (nSPS) is 11.4. The first-order valence-electron chi connectivity index (χ1n) is 14.7. The Morgan fingerprint density at radius 3 is 1.77 bits per heavy atom. The monoisotopic (exact) mass is 549 g/mol. The first kappa shape index (κ1) is 26.3. The predicted octanol–water partition coefficient (Wildman–Crippen LogP) is 11.6. The van der Waals surface area contributed by atoms with Crippen LogP contribution < -0.4 is 4.90 Å². The van der Waals surface area contributed by atoms with Gasteiger partial charge in [0, 0.05) is 16.8 Å². The molecule has 7 rings (SSSR count). The van der Waals surface area contributed by atoms with E-state index in [-0.39, 0.29) is 0 Å². The van der Waals surface area contributed by atoms with E-state index < -0.39 is 0 Å². The lowest BCUT2D eigenvalue weighted by atomic mass is 9.93. The van der Waals surface area contributed by atoms with Crippen molar-refractivity contribution < 1.29 is 0 Å². The molecule has 1 nitrogen and oxygen atoms in total. The van der Waals surface area contributed by atoms with Gasteiger partial charge in [0.1, 0.15) is 0 Å². The fourth-order valence-corrected chi connectivity index (χ4v) is 5.74. The van der Waals surface area contributed by atoms with E-state index in [0.29, 0.717) is 0 Å². The lowest BCUT2D eigenvalue weighted by molar-refractivity contribution is 1.29. The molecule has 0 amide bonds. The zero-order valence-corrected chi connectivity index (χ0v) is 23.8. The Labute approximate surface area is 253 Å². The zero-order valence-electron chi connectivity index (χ0n) is 23.8. The summed E-state index contributed by atoms with van der Waals surface area (Å²) in [5.74, 6) is 0. The third-order valence-electron chi connectivity index (χ3n) is 7.85. The SMILES string of the molecule is C(=C(c1ccc(N(c2ccccc2)c2cccc3ccccc23)cc1)c1cccc(-c2ccccc2)c1)c1ccccc1. The van der Waals surface area contributed by atoms with Crippen LogP contribution in [0.2, 0.25) is 0 Å². The Bertz CT molecular complexity index is 1990. The number of para-hydroxylation sites is 1. The number of rotatable bonds is 7. The molecule has 43 heavy (non-hydrogen) atoms. The van der Waals surface area contributed by atoms with Crippen molar-refractivity contribution in [2.45, 2.75) is 0 Å². The van der Waals surface area contributed by atoms with E-state index in [1.807, 2.05) is 0 Å². The number of anilines is 3. The molecule has 0 spiro atoms. The van der Waals surface area contributed by atoms with Crippen LogP contribution in [-0.2, 0) is 0 Å². The average molecular weight is 550 g/mol. The molecule has 0 bridgehead atoms. The highest BCUT2D eigenvalue weighted by Gasteiger charge is 2.16. The molecule has 0 aliphatic carbocycles. The molecule has 7 aromatic carbocycles. The zero-order chi connectivity index (χ0) is 28.8. The van der Waals surface area contributed by atoms with Crippen LogP contribution in [0.15, 0.2) is 182 Å². The highest BCUT2D eigenvalue weighted by atomic mass is 15.1. The van der Waals surface area contributed by atoms with Crippen LogP contribution >= 0.6 is 0 Å². The third kappa shape index (κ3) is 5.62. The fraction of sp³-hybridized carbons (Fsp3) is 0. The lowest BCUT2D eigenvalue weighted by Crippen LogP contribution is -2.10. The van der Waals surface area contributed by atoms with Crippen molar-refractivity contribution in [1.82, 2.24) is 0 Å². The van der Waals surface area contributed by atoms with Crippen molar-refractivity contribution in [2.24, 2.45) is 0 Å². The van der Waals surface area contributed by atoms with Crippen LogP contribution in [-0.4, -0.2) is 0 Å². The van der Waals surface area contributed by atoms with Crippen molar-refractivity contribution in [2.75, 3.05) is 4.90 Å². The molecule has 0 atom stereocenters. The van der Waals surface area contributed by atoms with Gasteiger partial charge in [0.25, 0.3) is 0 Å². The number of fused-ring (bicyclic) bond motifs is 1. The Kier molecular flexibility index (Phi) is 7.36. The van der Waals surface area contributed by atoms with Crippen molar-refractivity contribution in [3.05, 3.63) is 199 Å². The third-order valence-corrected chi connectivity index (χ3v) is 7.85. The van der Waals surface area contributed by atoms with Gasteiger partial charge >= 0.3 is 0 Å². The van der Waals surface area contributed by atoms with Gasteiger partial charge in [-0.3, -0.25) is 0 Å². The molecule has 0 unspecified atom stereocenters. The van der Waals surface area contributed by atoms with Gasteiger partial charge in [0.05, 0.1) is 5.69 Å². The molecule has 0 saturated carbocycles. The summed E-state index contributed by atoms with van der Waals surface area (Å²) in [6, 6.07) is 64.7. The molecular weight excluding hydrogens is 518 g/mol. The summed E-state index contributed by atoms with van der Waals surface area (Å²) < 4.78 is 0. The van der Waals surface area contributed by atoms with Gasteiger partial charge in [-0.15, -0.1) is 0 Å². The molecule has 0 saturated heterocycles. The van der Waals surface area contributed by atoms with Crippen LogP contribution in [0.4, 0.5) is 17.1 Å². The summed E-state index contributed by atoms with van der Waals surface area (Å²) in [5.41, 5.74) is 10.5. The number of benzene rings is 7. The van der Waals surface area contributed by atoms with Gasteiger partial charge in [-0.2, -0.15) is 0 Å². The second-order valence-corrected chi connectivity index (χ2v) is 10.6. The van der Waals surface area contributed by atoms with Crippen LogP contribution in [0.1, 0.15) is 16.7 Å². The maximum atomic E-state index is 2.35. The highest BCUT2D eigenvalue weighted by Crippen LogP contribution is 2.39. The molecule has 0 aromatic heterocycles. The van der Waals surface area contributed by atoms with Gasteiger partial charge in [0.15, 0.2) is 0 Å². The molecular formula is C42H31N. The molecule has 0 fully saturated rings. The summed E-state index contributed by atoms with van der Waals surface area (Å²) in [6.07, 6.45) is 2.29. The molecule has 0 heterocycles. The first-order chi connectivity index (χ1) is 21.3. The molecule has 204 valence electrons. The molecule has 0 N–H and O–H groups in total. The van der Waals surface area contributed by atoms with Crippen LogP contribution in [0.5, 0.6) is 0 Å². The molecule has 1 heteroatoms. The second kappa shape index (κ2) is 12.1. The largest absolute Gasteiger partial charge is 0.310 e. The summed E-state index contributed by atoms with van der Waals surface area (Å²) in [7, 11) is 0. The van der Waals surface area contributed by atoms with E-state index in [4.69, 9.17) is 0 Å². The molecule has 0 aliphatic heterocycles. The summed E-state index contributed by atoms with van der Waals surface area (Å²) in [5, 5.41) is 2.45. The number of hydrogen-bond acceptors (Lipinski definition) is 1. The van der Waals surface area contributed by atoms with E-state index in [1.165, 1.54) is 44.2 Å². The molecule has 0 aliphatic rings. The quantitative estimate of drug-likeness (QED) is 0.179. The summed E-state index contributed by atoms with van der Waals surface area (Å²) >= 11 is 0. The maximum absolute atomic E-state index is 2.35. The van der Waals surface area contributed by atoms with E-state index in [1.54, 1.807) is 0 Å². The first-order valence-corrected chi connectivity index (χ1v) is 14.7. The number of nitrogens with zero attached hydrogens (tertiary/aromatic N) is 1. The Morgan fingerprint density at radius 1 is 0.419 bits per heavy atom. The Balaban J connectivity index is 1.34. The van der Waals surface area contributed by atoms with Gasteiger partial charge < -0.3 is 4.90 Å². The van der Waals surface area contributed by atoms with Crippen LogP contribution in [0.3, 0.4) is 0 Å². The van der Waals surface area contributed by atoms with Crippen molar-refractivity contribution in [3.8, 4) is 11.1 Å². The Morgan fingerprint density at radius 2 is 1.00 bits per heavy atom. The molecule has 0 radical (unpaired) electrons. The standard InChI is InChI=1S/C42H31N/c1-4-14-32(15-5-1)30-41(37-21-12-20-36(31-37)33-16-6-2-7-17-33)35-26-28-39(29-27-35)43(38-22-8-3-9-23-38)42-25-13-19-34-18-10-11-24-40(34)42/h1-31H. The Hall–Kier alpha value is -5.66. The van der Waals surface area contributed by atoms with E-state index in [2.05, 4.69) is 193 Å². The minimum Gasteiger partial charge on any atom is -0.310 e. The number of hydrogen-bond donors (Lipinski definition) is 0. The van der Waals surface area contributed by atoms with Gasteiger partial charge in [0.2, 0.25) is 0 Å². The molecule has 7 aromatic rings. The van der Waals surface area contributed by atoms with Gasteiger partial charge in [-0.1, -0.05) is 146 Å². The minimum atomic E-state index is 1.11. The highest BCUT2D eigenvalue weighted by molar-refractivity contribution is 5.99.